The van der Waals surface area contributed by atoms with Crippen LogP contribution in [0.2, 0.25) is 0 Å². The molecular formula is C15H17NO4. The summed E-state index contributed by atoms with van der Waals surface area (Å²) in [5.41, 5.74) is 0.859. The molecule has 0 aliphatic carbocycles. The molecule has 1 aromatic carbocycles. The smallest absolute Gasteiger partial charge is 0.334 e. The summed E-state index contributed by atoms with van der Waals surface area (Å²) in [5.74, 6) is -0.0521. The van der Waals surface area contributed by atoms with Crippen LogP contribution in [0.3, 0.4) is 0 Å². The number of nitrogens with zero attached hydrogens (tertiary/aromatic N) is 1. The van der Waals surface area contributed by atoms with Gasteiger partial charge in [0.2, 0.25) is 0 Å². The predicted molar refractivity (Wildman–Crippen MR) is 73.6 cm³/mol. The van der Waals surface area contributed by atoms with E-state index in [9.17, 15) is 4.79 Å². The van der Waals surface area contributed by atoms with E-state index in [1.807, 2.05) is 37.3 Å². The highest BCUT2D eigenvalue weighted by atomic mass is 16.5. The van der Waals surface area contributed by atoms with E-state index in [0.29, 0.717) is 19.7 Å². The van der Waals surface area contributed by atoms with Gasteiger partial charge < -0.3 is 14.3 Å². The fourth-order valence-electron chi connectivity index (χ4n) is 2.56. The Bertz CT molecular complexity index is 588. The second-order valence-corrected chi connectivity index (χ2v) is 5.06. The summed E-state index contributed by atoms with van der Waals surface area (Å²) in [7, 11) is 0. The summed E-state index contributed by atoms with van der Waals surface area (Å²) in [4.78, 5) is 13.1. The van der Waals surface area contributed by atoms with Crippen LogP contribution in [0.5, 0.6) is 0 Å². The average Bonchev–Trinajstić information content (AvgIpc) is 2.90. The van der Waals surface area contributed by atoms with Crippen LogP contribution in [0.15, 0.2) is 34.7 Å². The third-order valence-electron chi connectivity index (χ3n) is 3.78. The Balaban J connectivity index is 1.80. The number of ether oxygens (including phenoxy) is 1. The van der Waals surface area contributed by atoms with Crippen molar-refractivity contribution in [1.29, 1.82) is 0 Å². The lowest BCUT2D eigenvalue weighted by Gasteiger charge is -2.34. The van der Waals surface area contributed by atoms with Gasteiger partial charge in [0.25, 0.3) is 0 Å². The van der Waals surface area contributed by atoms with E-state index in [4.69, 9.17) is 14.3 Å². The Morgan fingerprint density at radius 2 is 2.25 bits per heavy atom. The molecule has 1 aliphatic rings. The van der Waals surface area contributed by atoms with Gasteiger partial charge in [0.15, 0.2) is 6.10 Å². The van der Waals surface area contributed by atoms with Crippen LogP contribution in [-0.4, -0.2) is 41.8 Å². The van der Waals surface area contributed by atoms with Gasteiger partial charge in [-0.15, -0.1) is 0 Å². The number of rotatable bonds is 3. The lowest BCUT2D eigenvalue weighted by Crippen LogP contribution is -2.46. The van der Waals surface area contributed by atoms with Gasteiger partial charge in [0.05, 0.1) is 12.6 Å². The topological polar surface area (TPSA) is 62.9 Å². The Morgan fingerprint density at radius 1 is 1.45 bits per heavy atom. The number of morpholine rings is 1. The largest absolute Gasteiger partial charge is 0.479 e. The van der Waals surface area contributed by atoms with Crippen molar-refractivity contribution in [3.05, 3.63) is 36.1 Å². The highest BCUT2D eigenvalue weighted by Crippen LogP contribution is 2.28. The van der Waals surface area contributed by atoms with Crippen molar-refractivity contribution in [2.45, 2.75) is 19.1 Å². The molecule has 3 rings (SSSR count). The normalized spacial score (nSPS) is 21.9. The maximum absolute atomic E-state index is 11.0. The molecule has 1 aliphatic heterocycles. The first-order chi connectivity index (χ1) is 9.65. The van der Waals surface area contributed by atoms with E-state index in [2.05, 4.69) is 4.90 Å². The fraction of sp³-hybridized carbons (Fsp3) is 0.400. The molecule has 0 spiro atoms. The van der Waals surface area contributed by atoms with E-state index >= 15 is 0 Å². The molecule has 1 fully saturated rings. The highest BCUT2D eigenvalue weighted by molar-refractivity contribution is 5.77. The number of benzene rings is 1. The molecule has 2 heterocycles. The molecule has 1 saturated heterocycles. The minimum atomic E-state index is -0.911. The van der Waals surface area contributed by atoms with Crippen LogP contribution in [0.1, 0.15) is 18.7 Å². The van der Waals surface area contributed by atoms with Crippen molar-refractivity contribution in [2.24, 2.45) is 0 Å². The van der Waals surface area contributed by atoms with Crippen molar-refractivity contribution in [3.63, 3.8) is 0 Å². The predicted octanol–water partition coefficient (Wildman–Crippen LogP) is 2.28. The van der Waals surface area contributed by atoms with Crippen molar-refractivity contribution in [2.75, 3.05) is 19.7 Å². The summed E-state index contributed by atoms with van der Waals surface area (Å²) in [6.07, 6.45) is -0.754. The lowest BCUT2D eigenvalue weighted by atomic mass is 10.1. The fourth-order valence-corrected chi connectivity index (χ4v) is 2.56. The third kappa shape index (κ3) is 2.42. The number of carbonyl (C=O) groups is 1. The van der Waals surface area contributed by atoms with Crippen molar-refractivity contribution in [3.8, 4) is 0 Å². The average molecular weight is 275 g/mol. The van der Waals surface area contributed by atoms with Gasteiger partial charge in [-0.25, -0.2) is 4.79 Å². The van der Waals surface area contributed by atoms with Crippen molar-refractivity contribution in [1.82, 2.24) is 4.90 Å². The molecule has 1 aromatic heterocycles. The molecule has 1 N–H and O–H groups in total. The zero-order valence-electron chi connectivity index (χ0n) is 11.3. The Labute approximate surface area is 116 Å². The summed E-state index contributed by atoms with van der Waals surface area (Å²) in [6.45, 7) is 3.55. The molecule has 106 valence electrons. The van der Waals surface area contributed by atoms with Gasteiger partial charge in [0.1, 0.15) is 11.3 Å². The SMILES string of the molecule is CC(c1cc2ccccc2o1)N1CCOC(C(=O)O)C1. The third-order valence-corrected chi connectivity index (χ3v) is 3.78. The van der Waals surface area contributed by atoms with Gasteiger partial charge >= 0.3 is 5.97 Å². The molecule has 2 unspecified atom stereocenters. The Morgan fingerprint density at radius 3 is 3.00 bits per heavy atom. The molecule has 0 bridgehead atoms. The second-order valence-electron chi connectivity index (χ2n) is 5.06. The van der Waals surface area contributed by atoms with Gasteiger partial charge in [-0.05, 0) is 19.1 Å². The molecular weight excluding hydrogens is 258 g/mol. The number of para-hydroxylation sites is 1. The van der Waals surface area contributed by atoms with E-state index in [1.165, 1.54) is 0 Å². The number of aliphatic carboxylic acids is 1. The van der Waals surface area contributed by atoms with Gasteiger partial charge in [0, 0.05) is 18.5 Å². The zero-order chi connectivity index (χ0) is 14.1. The maximum Gasteiger partial charge on any atom is 0.334 e. The number of hydrogen-bond acceptors (Lipinski definition) is 4. The summed E-state index contributed by atoms with van der Waals surface area (Å²) >= 11 is 0. The Kier molecular flexibility index (Phi) is 3.46. The number of hydrogen-bond donors (Lipinski definition) is 1. The van der Waals surface area contributed by atoms with E-state index < -0.39 is 12.1 Å². The van der Waals surface area contributed by atoms with Crippen LogP contribution in [-0.2, 0) is 9.53 Å². The number of fused-ring (bicyclic) bond motifs is 1. The zero-order valence-corrected chi connectivity index (χ0v) is 11.3. The molecule has 2 aromatic rings. The maximum atomic E-state index is 11.0. The van der Waals surface area contributed by atoms with Gasteiger partial charge in [-0.1, -0.05) is 18.2 Å². The number of carboxylic acid groups (broad SMARTS) is 1. The Hall–Kier alpha value is -1.85. The standard InChI is InChI=1S/C15H17NO4/c1-10(16-6-7-19-14(9-16)15(17)18)13-8-11-4-2-3-5-12(11)20-13/h2-5,8,10,14H,6-7,9H2,1H3,(H,17,18). The van der Waals surface area contributed by atoms with Crippen LogP contribution >= 0.6 is 0 Å². The molecule has 5 heteroatoms. The minimum absolute atomic E-state index is 0.0353. The number of furan rings is 1. The number of carboxylic acids is 1. The lowest BCUT2D eigenvalue weighted by molar-refractivity contribution is -0.157. The van der Waals surface area contributed by atoms with Crippen LogP contribution < -0.4 is 0 Å². The molecule has 5 nitrogen and oxygen atoms in total. The molecule has 0 amide bonds. The summed E-state index contributed by atoms with van der Waals surface area (Å²) in [6, 6.07) is 9.91. The highest BCUT2D eigenvalue weighted by Gasteiger charge is 2.30. The van der Waals surface area contributed by atoms with Crippen molar-refractivity contribution >= 4 is 16.9 Å². The molecule has 0 radical (unpaired) electrons. The van der Waals surface area contributed by atoms with Crippen LogP contribution in [0.25, 0.3) is 11.0 Å². The summed E-state index contributed by atoms with van der Waals surface area (Å²) in [5, 5.41) is 10.1. The van der Waals surface area contributed by atoms with Crippen LogP contribution in [0.4, 0.5) is 0 Å². The minimum Gasteiger partial charge on any atom is -0.479 e. The van der Waals surface area contributed by atoms with Gasteiger partial charge in [-0.2, -0.15) is 0 Å². The van der Waals surface area contributed by atoms with E-state index in [0.717, 1.165) is 16.7 Å². The van der Waals surface area contributed by atoms with E-state index in [1.54, 1.807) is 0 Å². The van der Waals surface area contributed by atoms with Gasteiger partial charge in [-0.3, -0.25) is 4.90 Å². The van der Waals surface area contributed by atoms with Crippen molar-refractivity contribution < 1.29 is 19.1 Å². The molecule has 0 saturated carbocycles. The summed E-state index contributed by atoms with van der Waals surface area (Å²) < 4.78 is 11.1. The first-order valence-electron chi connectivity index (χ1n) is 6.72. The quantitative estimate of drug-likeness (QED) is 0.931. The second kappa shape index (κ2) is 5.26. The molecule has 2 atom stereocenters. The van der Waals surface area contributed by atoms with E-state index in [-0.39, 0.29) is 6.04 Å². The monoisotopic (exact) mass is 275 g/mol. The first-order valence-corrected chi connectivity index (χ1v) is 6.72. The molecule has 20 heavy (non-hydrogen) atoms. The van der Waals surface area contributed by atoms with Crippen LogP contribution in [0, 0.1) is 0 Å². The first kappa shape index (κ1) is 13.1.